The van der Waals surface area contributed by atoms with Crippen LogP contribution in [-0.4, -0.2) is 7.11 Å². The Balaban J connectivity index is 1.61. The van der Waals surface area contributed by atoms with E-state index >= 15 is 0 Å². The van der Waals surface area contributed by atoms with Crippen LogP contribution in [0.5, 0.6) is 11.5 Å². The number of halogens is 3. The van der Waals surface area contributed by atoms with Crippen LogP contribution in [0, 0.1) is 0 Å². The minimum Gasteiger partial charge on any atom is -0.493 e. The Morgan fingerprint density at radius 3 is 2.14 bits per heavy atom. The SMILES string of the molecule is COc1ccc(CNCc2cccc(C(F)(F)F)c2)cc1OCc1ccccc1. The number of methoxy groups -OCH3 is 1. The highest BCUT2D eigenvalue weighted by Gasteiger charge is 2.30. The molecule has 152 valence electrons. The summed E-state index contributed by atoms with van der Waals surface area (Å²) in [5, 5.41) is 3.17. The van der Waals surface area contributed by atoms with Crippen molar-refractivity contribution in [2.24, 2.45) is 0 Å². The first kappa shape index (κ1) is 20.7. The molecule has 3 aromatic carbocycles. The zero-order valence-corrected chi connectivity index (χ0v) is 16.0. The first-order valence-corrected chi connectivity index (χ1v) is 9.16. The Kier molecular flexibility index (Phi) is 6.77. The van der Waals surface area contributed by atoms with Crippen LogP contribution in [0.3, 0.4) is 0 Å². The molecule has 0 atom stereocenters. The Morgan fingerprint density at radius 2 is 1.45 bits per heavy atom. The molecule has 0 aliphatic heterocycles. The van der Waals surface area contributed by atoms with Gasteiger partial charge in [-0.3, -0.25) is 0 Å². The van der Waals surface area contributed by atoms with Crippen molar-refractivity contribution in [3.63, 3.8) is 0 Å². The van der Waals surface area contributed by atoms with Gasteiger partial charge in [-0.2, -0.15) is 13.2 Å². The Morgan fingerprint density at radius 1 is 0.759 bits per heavy atom. The zero-order valence-electron chi connectivity index (χ0n) is 16.0. The molecule has 0 saturated heterocycles. The molecule has 0 radical (unpaired) electrons. The Labute approximate surface area is 168 Å². The standard InChI is InChI=1S/C23H22F3NO2/c1-28-21-11-10-19(13-22(21)29-16-17-6-3-2-4-7-17)15-27-14-18-8-5-9-20(12-18)23(24,25)26/h2-13,27H,14-16H2,1H3. The second-order valence-electron chi connectivity index (χ2n) is 6.56. The molecule has 0 aliphatic carbocycles. The van der Waals surface area contributed by atoms with Crippen molar-refractivity contribution in [3.05, 3.63) is 95.1 Å². The third-order valence-corrected chi connectivity index (χ3v) is 4.38. The van der Waals surface area contributed by atoms with E-state index in [1.165, 1.54) is 6.07 Å². The average Bonchev–Trinajstić information content (AvgIpc) is 2.73. The number of nitrogens with one attached hydrogen (secondary N) is 1. The van der Waals surface area contributed by atoms with Crippen LogP contribution in [0.4, 0.5) is 13.2 Å². The average molecular weight is 401 g/mol. The molecule has 3 rings (SSSR count). The van der Waals surface area contributed by atoms with E-state index in [0.717, 1.165) is 23.3 Å². The van der Waals surface area contributed by atoms with E-state index in [1.54, 1.807) is 13.2 Å². The molecule has 0 unspecified atom stereocenters. The first-order chi connectivity index (χ1) is 14.0. The molecule has 0 spiro atoms. The summed E-state index contributed by atoms with van der Waals surface area (Å²) in [4.78, 5) is 0. The summed E-state index contributed by atoms with van der Waals surface area (Å²) in [5.41, 5.74) is 1.93. The number of alkyl halides is 3. The number of benzene rings is 3. The normalized spacial score (nSPS) is 11.3. The van der Waals surface area contributed by atoms with E-state index in [2.05, 4.69) is 5.32 Å². The minimum atomic E-state index is -4.34. The fraction of sp³-hybridized carbons (Fsp3) is 0.217. The van der Waals surface area contributed by atoms with E-state index < -0.39 is 11.7 Å². The number of hydrogen-bond acceptors (Lipinski definition) is 3. The summed E-state index contributed by atoms with van der Waals surface area (Å²) < 4.78 is 49.7. The maximum atomic E-state index is 12.8. The molecule has 3 nitrogen and oxygen atoms in total. The van der Waals surface area contributed by atoms with Gasteiger partial charge in [0.05, 0.1) is 12.7 Å². The quantitative estimate of drug-likeness (QED) is 0.534. The second-order valence-corrected chi connectivity index (χ2v) is 6.56. The van der Waals surface area contributed by atoms with Gasteiger partial charge in [-0.15, -0.1) is 0 Å². The Bertz CT molecular complexity index is 927. The molecular formula is C23H22F3NO2. The van der Waals surface area contributed by atoms with Crippen molar-refractivity contribution < 1.29 is 22.6 Å². The lowest BCUT2D eigenvalue weighted by molar-refractivity contribution is -0.137. The molecule has 0 fully saturated rings. The largest absolute Gasteiger partial charge is 0.493 e. The minimum absolute atomic E-state index is 0.330. The highest BCUT2D eigenvalue weighted by atomic mass is 19.4. The summed E-state index contributed by atoms with van der Waals surface area (Å²) in [6.45, 7) is 1.23. The van der Waals surface area contributed by atoms with Crippen LogP contribution in [0.1, 0.15) is 22.3 Å². The van der Waals surface area contributed by atoms with Crippen molar-refractivity contribution in [1.82, 2.24) is 5.32 Å². The fourth-order valence-electron chi connectivity index (χ4n) is 2.89. The predicted molar refractivity (Wildman–Crippen MR) is 106 cm³/mol. The summed E-state index contributed by atoms with van der Waals surface area (Å²) in [6.07, 6.45) is -4.34. The van der Waals surface area contributed by atoms with Crippen molar-refractivity contribution in [1.29, 1.82) is 0 Å². The lowest BCUT2D eigenvalue weighted by Crippen LogP contribution is -2.14. The number of hydrogen-bond donors (Lipinski definition) is 1. The van der Waals surface area contributed by atoms with Gasteiger partial charge in [0.15, 0.2) is 11.5 Å². The van der Waals surface area contributed by atoms with E-state index in [9.17, 15) is 13.2 Å². The third kappa shape index (κ3) is 5.99. The van der Waals surface area contributed by atoms with Gasteiger partial charge in [-0.1, -0.05) is 54.6 Å². The predicted octanol–water partition coefficient (Wildman–Crippen LogP) is 5.58. The van der Waals surface area contributed by atoms with Gasteiger partial charge >= 0.3 is 6.18 Å². The van der Waals surface area contributed by atoms with Crippen molar-refractivity contribution in [2.45, 2.75) is 25.9 Å². The highest BCUT2D eigenvalue weighted by Crippen LogP contribution is 2.30. The summed E-state index contributed by atoms with van der Waals surface area (Å²) in [6, 6.07) is 20.7. The second kappa shape index (κ2) is 9.47. The molecule has 0 bridgehead atoms. The third-order valence-electron chi connectivity index (χ3n) is 4.38. The molecule has 0 saturated carbocycles. The first-order valence-electron chi connectivity index (χ1n) is 9.16. The summed E-state index contributed by atoms with van der Waals surface area (Å²) in [5.74, 6) is 1.25. The van der Waals surface area contributed by atoms with Gasteiger partial charge < -0.3 is 14.8 Å². The van der Waals surface area contributed by atoms with Crippen LogP contribution in [0.15, 0.2) is 72.8 Å². The van der Waals surface area contributed by atoms with Gasteiger partial charge in [0.2, 0.25) is 0 Å². The van der Waals surface area contributed by atoms with Crippen LogP contribution in [0.25, 0.3) is 0 Å². The molecule has 6 heteroatoms. The lowest BCUT2D eigenvalue weighted by atomic mass is 10.1. The lowest BCUT2D eigenvalue weighted by Gasteiger charge is -2.13. The highest BCUT2D eigenvalue weighted by molar-refractivity contribution is 5.43. The van der Waals surface area contributed by atoms with Crippen molar-refractivity contribution in [2.75, 3.05) is 7.11 Å². The monoisotopic (exact) mass is 401 g/mol. The molecule has 1 N–H and O–H groups in total. The van der Waals surface area contributed by atoms with Gasteiger partial charge in [0.25, 0.3) is 0 Å². The van der Waals surface area contributed by atoms with Gasteiger partial charge in [-0.05, 0) is 34.9 Å². The number of ether oxygens (including phenoxy) is 2. The molecule has 0 amide bonds. The maximum Gasteiger partial charge on any atom is 0.416 e. The van der Waals surface area contributed by atoms with Gasteiger partial charge in [-0.25, -0.2) is 0 Å². The van der Waals surface area contributed by atoms with Crippen LogP contribution in [-0.2, 0) is 25.9 Å². The molecule has 3 aromatic rings. The molecule has 0 aromatic heterocycles. The zero-order chi connectivity index (χ0) is 20.7. The van der Waals surface area contributed by atoms with Gasteiger partial charge in [0, 0.05) is 13.1 Å². The summed E-state index contributed by atoms with van der Waals surface area (Å²) >= 11 is 0. The van der Waals surface area contributed by atoms with Gasteiger partial charge in [0.1, 0.15) is 6.61 Å². The van der Waals surface area contributed by atoms with E-state index in [1.807, 2.05) is 48.5 Å². The Hall–Kier alpha value is -2.99. The number of rotatable bonds is 8. The van der Waals surface area contributed by atoms with Crippen molar-refractivity contribution >= 4 is 0 Å². The molecule has 29 heavy (non-hydrogen) atoms. The van der Waals surface area contributed by atoms with E-state index in [4.69, 9.17) is 9.47 Å². The van der Waals surface area contributed by atoms with E-state index in [0.29, 0.717) is 36.8 Å². The van der Waals surface area contributed by atoms with Crippen molar-refractivity contribution in [3.8, 4) is 11.5 Å². The van der Waals surface area contributed by atoms with E-state index in [-0.39, 0.29) is 0 Å². The maximum absolute atomic E-state index is 12.8. The summed E-state index contributed by atoms with van der Waals surface area (Å²) in [7, 11) is 1.58. The topological polar surface area (TPSA) is 30.5 Å². The van der Waals surface area contributed by atoms with Crippen LogP contribution in [0.2, 0.25) is 0 Å². The fourth-order valence-corrected chi connectivity index (χ4v) is 2.89. The molecular weight excluding hydrogens is 379 g/mol. The smallest absolute Gasteiger partial charge is 0.416 e. The van der Waals surface area contributed by atoms with Crippen LogP contribution >= 0.6 is 0 Å². The molecule has 0 aliphatic rings. The van der Waals surface area contributed by atoms with Crippen LogP contribution < -0.4 is 14.8 Å². The molecule has 0 heterocycles.